The molecule has 2 aliphatic heterocycles. The van der Waals surface area contributed by atoms with Crippen molar-refractivity contribution < 1.29 is 18.4 Å². The van der Waals surface area contributed by atoms with Crippen LogP contribution in [0.25, 0.3) is 0 Å². The molecule has 2 aromatic carbocycles. The predicted molar refractivity (Wildman–Crippen MR) is 130 cm³/mol. The number of urea groups is 1. The minimum atomic E-state index is -1.01. The summed E-state index contributed by atoms with van der Waals surface area (Å²) in [5.74, 6) is -1.97. The Balaban J connectivity index is 1.36. The van der Waals surface area contributed by atoms with E-state index in [2.05, 4.69) is 15.1 Å². The van der Waals surface area contributed by atoms with Crippen LogP contribution in [0.15, 0.2) is 54.2 Å². The summed E-state index contributed by atoms with van der Waals surface area (Å²) in [4.78, 5) is 29.3. The van der Waals surface area contributed by atoms with E-state index in [4.69, 9.17) is 5.73 Å². The Morgan fingerprint density at radius 2 is 1.86 bits per heavy atom. The fraction of sp³-hybridized carbons (Fsp3) is 0.360. The number of nitrogen functional groups attached to an aromatic ring is 1. The maximum Gasteiger partial charge on any atom is 0.341 e. The van der Waals surface area contributed by atoms with Crippen LogP contribution in [0, 0.1) is 11.6 Å². The average molecular weight is 485 g/mol. The van der Waals surface area contributed by atoms with Crippen LogP contribution in [0.4, 0.5) is 25.0 Å². The van der Waals surface area contributed by atoms with Crippen molar-refractivity contribution in [3.63, 3.8) is 0 Å². The highest BCUT2D eigenvalue weighted by Crippen LogP contribution is 2.29. The molecule has 2 aliphatic rings. The van der Waals surface area contributed by atoms with Crippen LogP contribution in [0.5, 0.6) is 0 Å². The highest BCUT2D eigenvalue weighted by atomic mass is 19.2. The zero-order chi connectivity index (χ0) is 24.9. The second-order valence-corrected chi connectivity index (χ2v) is 8.75. The Bertz CT molecular complexity index is 1100. The molecule has 2 heterocycles. The number of halogens is 2. The van der Waals surface area contributed by atoms with Crippen molar-refractivity contribution >= 4 is 23.8 Å². The lowest BCUT2D eigenvalue weighted by atomic mass is 10.0. The van der Waals surface area contributed by atoms with E-state index < -0.39 is 23.7 Å². The molecule has 8 nitrogen and oxygen atoms in total. The van der Waals surface area contributed by atoms with E-state index >= 15 is 0 Å². The number of allylic oxidation sites excluding steroid dienone is 1. The maximum atomic E-state index is 13.9. The molecule has 3 N–H and O–H groups in total. The Morgan fingerprint density at radius 3 is 2.54 bits per heavy atom. The molecule has 1 unspecified atom stereocenters. The van der Waals surface area contributed by atoms with E-state index in [1.54, 1.807) is 13.0 Å². The van der Waals surface area contributed by atoms with Crippen molar-refractivity contribution in [3.8, 4) is 0 Å². The van der Waals surface area contributed by atoms with Crippen LogP contribution in [-0.2, 0) is 4.79 Å². The van der Waals surface area contributed by atoms with Gasteiger partial charge in [0.1, 0.15) is 6.04 Å². The summed E-state index contributed by atoms with van der Waals surface area (Å²) < 4.78 is 27.4. The largest absolute Gasteiger partial charge is 0.397 e. The van der Waals surface area contributed by atoms with Gasteiger partial charge in [-0.1, -0.05) is 18.2 Å². The number of hydrogen-bond donors (Lipinski definition) is 2. The van der Waals surface area contributed by atoms with E-state index in [0.717, 1.165) is 56.2 Å². The van der Waals surface area contributed by atoms with E-state index in [0.29, 0.717) is 30.6 Å². The van der Waals surface area contributed by atoms with Gasteiger partial charge in [-0.15, -0.1) is 0 Å². The van der Waals surface area contributed by atoms with Gasteiger partial charge in [0.15, 0.2) is 11.6 Å². The molecule has 1 atom stereocenters. The number of nitrogens with one attached hydrogen (secondary N) is 1. The van der Waals surface area contributed by atoms with Crippen molar-refractivity contribution in [2.75, 3.05) is 49.9 Å². The number of nitrogens with two attached hydrogens (primary N) is 1. The minimum absolute atomic E-state index is 0.301. The average Bonchev–Trinajstić information content (AvgIpc) is 2.84. The fourth-order valence-corrected chi connectivity index (χ4v) is 4.57. The van der Waals surface area contributed by atoms with Gasteiger partial charge in [-0.2, -0.15) is 0 Å². The number of para-hydroxylation sites is 2. The van der Waals surface area contributed by atoms with Crippen molar-refractivity contribution in [1.29, 1.82) is 0 Å². The number of piperazine rings is 1. The monoisotopic (exact) mass is 484 g/mol. The van der Waals surface area contributed by atoms with E-state index in [1.807, 2.05) is 24.3 Å². The third kappa shape index (κ3) is 5.54. The molecular formula is C25H30F2N6O2. The normalized spacial score (nSPS) is 18.8. The first kappa shape index (κ1) is 24.5. The molecule has 0 aliphatic carbocycles. The molecule has 0 radical (unpaired) electrons. The molecule has 10 heteroatoms. The molecule has 0 bridgehead atoms. The molecule has 1 saturated heterocycles. The molecular weight excluding hydrogens is 454 g/mol. The van der Waals surface area contributed by atoms with Gasteiger partial charge in [-0.05, 0) is 49.2 Å². The summed E-state index contributed by atoms with van der Waals surface area (Å²) in [5, 5.41) is 5.24. The molecule has 1 fully saturated rings. The molecule has 35 heavy (non-hydrogen) atoms. The Labute approximate surface area is 203 Å². The standard InChI is InChI=1S/C25H30F2N6O2/c1-18-15-24(19-7-8-20(26)21(27)16-19)33(25(35)29-18)32(17-34)10-4-9-30-11-13-31(14-12-30)23-6-3-2-5-22(23)28/h2-3,5-8,15-17,24H,4,9-14,28H2,1H3,(H,29,35). The third-order valence-electron chi connectivity index (χ3n) is 6.38. The molecule has 0 spiro atoms. The lowest BCUT2D eigenvalue weighted by Gasteiger charge is -2.40. The smallest absolute Gasteiger partial charge is 0.341 e. The molecule has 0 saturated carbocycles. The molecule has 186 valence electrons. The number of nitrogens with zero attached hydrogens (tertiary/aromatic N) is 4. The van der Waals surface area contributed by atoms with Crippen LogP contribution in [0.2, 0.25) is 0 Å². The second-order valence-electron chi connectivity index (χ2n) is 8.75. The van der Waals surface area contributed by atoms with Gasteiger partial charge in [0.25, 0.3) is 0 Å². The van der Waals surface area contributed by atoms with Gasteiger partial charge >= 0.3 is 6.03 Å². The van der Waals surface area contributed by atoms with Crippen molar-refractivity contribution in [2.24, 2.45) is 0 Å². The van der Waals surface area contributed by atoms with Crippen LogP contribution >= 0.6 is 0 Å². The summed E-state index contributed by atoms with van der Waals surface area (Å²) in [5.41, 5.74) is 8.86. The van der Waals surface area contributed by atoms with Gasteiger partial charge in [0.2, 0.25) is 6.41 Å². The van der Waals surface area contributed by atoms with E-state index in [9.17, 15) is 18.4 Å². The first-order valence-electron chi connectivity index (χ1n) is 11.6. The van der Waals surface area contributed by atoms with Gasteiger partial charge in [-0.25, -0.2) is 18.6 Å². The lowest BCUT2D eigenvalue weighted by molar-refractivity contribution is -0.132. The Hall–Kier alpha value is -3.66. The molecule has 0 aromatic heterocycles. The van der Waals surface area contributed by atoms with Crippen molar-refractivity contribution in [1.82, 2.24) is 20.2 Å². The van der Waals surface area contributed by atoms with Crippen LogP contribution in [-0.4, -0.2) is 66.6 Å². The second kappa shape index (κ2) is 10.7. The number of hydrazine groups is 1. The Morgan fingerprint density at radius 1 is 1.11 bits per heavy atom. The van der Waals surface area contributed by atoms with Gasteiger partial charge in [-0.3, -0.25) is 14.7 Å². The molecule has 3 amide bonds. The number of rotatable bonds is 8. The quantitative estimate of drug-likeness (QED) is 0.444. The SMILES string of the molecule is CC1=CC(c2ccc(F)c(F)c2)N(N(C=O)CCCN2CCN(c3ccccc3N)CC2)C(=O)N1. The first-order valence-corrected chi connectivity index (χ1v) is 11.6. The lowest BCUT2D eigenvalue weighted by Crippen LogP contribution is -2.54. The van der Waals surface area contributed by atoms with E-state index in [1.165, 1.54) is 16.1 Å². The number of amides is 3. The van der Waals surface area contributed by atoms with Gasteiger partial charge in [0, 0.05) is 45.0 Å². The Kier molecular flexibility index (Phi) is 7.50. The minimum Gasteiger partial charge on any atom is -0.397 e. The van der Waals surface area contributed by atoms with Crippen LogP contribution < -0.4 is 16.0 Å². The number of carbonyl (C=O) groups is 2. The van der Waals surface area contributed by atoms with Gasteiger partial charge < -0.3 is 16.0 Å². The number of carbonyl (C=O) groups excluding carboxylic acids is 2. The fourth-order valence-electron chi connectivity index (χ4n) is 4.57. The molecule has 2 aromatic rings. The topological polar surface area (TPSA) is 85.2 Å². The zero-order valence-corrected chi connectivity index (χ0v) is 19.7. The highest BCUT2D eigenvalue weighted by molar-refractivity contribution is 5.79. The maximum absolute atomic E-state index is 13.9. The predicted octanol–water partition coefficient (Wildman–Crippen LogP) is 3.10. The van der Waals surface area contributed by atoms with Gasteiger partial charge in [0.05, 0.1) is 11.4 Å². The summed E-state index contributed by atoms with van der Waals surface area (Å²) in [7, 11) is 0. The number of hydrogen-bond acceptors (Lipinski definition) is 5. The van der Waals surface area contributed by atoms with Crippen LogP contribution in [0.3, 0.4) is 0 Å². The summed E-state index contributed by atoms with van der Waals surface area (Å²) in [6, 6.07) is 10.1. The van der Waals surface area contributed by atoms with Crippen LogP contribution in [0.1, 0.15) is 24.9 Å². The van der Waals surface area contributed by atoms with Crippen molar-refractivity contribution in [2.45, 2.75) is 19.4 Å². The summed E-state index contributed by atoms with van der Waals surface area (Å²) in [6.45, 7) is 6.18. The highest BCUT2D eigenvalue weighted by Gasteiger charge is 2.33. The number of anilines is 2. The summed E-state index contributed by atoms with van der Waals surface area (Å²) >= 11 is 0. The first-order chi connectivity index (χ1) is 16.9. The molecule has 4 rings (SSSR count). The zero-order valence-electron chi connectivity index (χ0n) is 19.7. The summed E-state index contributed by atoms with van der Waals surface area (Å²) in [6.07, 6.45) is 2.94. The third-order valence-corrected chi connectivity index (χ3v) is 6.38. The van der Waals surface area contributed by atoms with E-state index in [-0.39, 0.29) is 0 Å². The number of benzene rings is 2. The van der Waals surface area contributed by atoms with Crippen molar-refractivity contribution in [3.05, 3.63) is 71.4 Å².